The van der Waals surface area contributed by atoms with Crippen molar-refractivity contribution in [1.82, 2.24) is 0 Å². The van der Waals surface area contributed by atoms with Crippen LogP contribution in [0.4, 0.5) is 0 Å². The van der Waals surface area contributed by atoms with E-state index in [1.165, 1.54) is 257 Å². The third-order valence-electron chi connectivity index (χ3n) is 14.1. The maximum absolute atomic E-state index is 12.8. The van der Waals surface area contributed by atoms with Gasteiger partial charge in [-0.1, -0.05) is 296 Å². The molecule has 2 unspecified atom stereocenters. The number of carbonyl (C=O) groups is 2. The summed E-state index contributed by atoms with van der Waals surface area (Å²) in [6.45, 7) is 4.31. The van der Waals surface area contributed by atoms with Gasteiger partial charge in [-0.25, -0.2) is 0 Å². The fourth-order valence-corrected chi connectivity index (χ4v) is 10.1. The number of hydrogen-bond donors (Lipinski definition) is 0. The van der Waals surface area contributed by atoms with Gasteiger partial charge in [-0.2, -0.15) is 0 Å². The fourth-order valence-electron chi connectivity index (χ4n) is 9.37. The smallest absolute Gasteiger partial charge is 0.306 e. The molecule has 0 bridgehead atoms. The summed E-state index contributed by atoms with van der Waals surface area (Å²) in [7, 11) is 1.19. The number of nitrogens with zero attached hydrogens (tertiary/aromatic N) is 1. The average molecular weight is 1010 g/mol. The molecule has 0 aliphatic rings. The second kappa shape index (κ2) is 52.9. The first kappa shape index (κ1) is 69.0. The minimum atomic E-state index is -4.63. The number of ether oxygens (including phenoxy) is 2. The number of likely N-dealkylation sites (N-methyl/N-ethyl adjacent to an activating group) is 1. The number of phosphoric ester groups is 1. The molecule has 0 spiro atoms. The summed E-state index contributed by atoms with van der Waals surface area (Å²) in [6.07, 6.45) is 60.3. The zero-order chi connectivity index (χ0) is 51.3. The summed E-state index contributed by atoms with van der Waals surface area (Å²) in [4.78, 5) is 37.8. The van der Waals surface area contributed by atoms with Crippen molar-refractivity contribution >= 4 is 19.8 Å². The highest BCUT2D eigenvalue weighted by atomic mass is 31.2. The summed E-state index contributed by atoms with van der Waals surface area (Å²) in [5, 5.41) is 0. The predicted molar refractivity (Wildman–Crippen MR) is 296 cm³/mol. The Morgan fingerprint density at radius 2 is 0.643 bits per heavy atom. The molecule has 0 aromatic heterocycles. The summed E-state index contributed by atoms with van der Waals surface area (Å²) in [5.74, 6) is -0.810. The van der Waals surface area contributed by atoms with Crippen molar-refractivity contribution in [2.75, 3.05) is 47.5 Å². The van der Waals surface area contributed by atoms with Gasteiger partial charge < -0.3 is 27.9 Å². The standard InChI is InChI=1S/C60H120NO8P/c1-6-8-10-12-14-16-18-20-22-23-24-25-26-27-28-29-30-31-32-33-34-35-36-37-38-39-41-43-45-47-49-51-53-60(63)69-58(57-68-70(64,65)67-55-54-61(3,4)5)56-66-59(62)52-50-48-46-44-42-40-21-19-17-15-13-11-9-7-2/h58H,6-57H2,1-5H3. The zero-order valence-corrected chi connectivity index (χ0v) is 48.4. The Labute approximate surface area is 435 Å². The van der Waals surface area contributed by atoms with Crippen LogP contribution in [0, 0.1) is 0 Å². The quantitative estimate of drug-likeness (QED) is 0.0256. The highest BCUT2D eigenvalue weighted by Gasteiger charge is 2.22. The van der Waals surface area contributed by atoms with E-state index in [1.807, 2.05) is 21.1 Å². The molecule has 0 N–H and O–H groups in total. The third kappa shape index (κ3) is 56.3. The molecule has 70 heavy (non-hydrogen) atoms. The maximum Gasteiger partial charge on any atom is 0.306 e. The molecule has 0 fully saturated rings. The Bertz CT molecular complexity index is 1150. The van der Waals surface area contributed by atoms with Gasteiger partial charge in [0.25, 0.3) is 7.82 Å². The lowest BCUT2D eigenvalue weighted by molar-refractivity contribution is -0.870. The van der Waals surface area contributed by atoms with Crippen molar-refractivity contribution in [2.45, 2.75) is 328 Å². The van der Waals surface area contributed by atoms with E-state index in [1.54, 1.807) is 0 Å². The molecule has 0 aromatic carbocycles. The van der Waals surface area contributed by atoms with Crippen LogP contribution in [0.15, 0.2) is 0 Å². The van der Waals surface area contributed by atoms with E-state index in [2.05, 4.69) is 13.8 Å². The molecular formula is C60H120NO8P. The van der Waals surface area contributed by atoms with Crippen molar-refractivity contribution in [3.8, 4) is 0 Å². The number of quaternary nitrogens is 1. The highest BCUT2D eigenvalue weighted by molar-refractivity contribution is 7.45. The van der Waals surface area contributed by atoms with Gasteiger partial charge >= 0.3 is 11.9 Å². The SMILES string of the molecule is CCCCCCCCCCCCCCCCCCCCCCCCCCCCCCCCCCC(=O)OC(COC(=O)CCCCCCCCCCCCCCCC)COP(=O)([O-])OCC[N+](C)(C)C. The summed E-state index contributed by atoms with van der Waals surface area (Å²) in [6, 6.07) is 0. The van der Waals surface area contributed by atoms with Crippen LogP contribution in [0.25, 0.3) is 0 Å². The van der Waals surface area contributed by atoms with Crippen molar-refractivity contribution in [3.63, 3.8) is 0 Å². The number of esters is 2. The average Bonchev–Trinajstić information content (AvgIpc) is 3.32. The lowest BCUT2D eigenvalue weighted by Gasteiger charge is -2.28. The minimum absolute atomic E-state index is 0.0252. The molecule has 0 saturated carbocycles. The Hall–Kier alpha value is -0.990. The summed E-state index contributed by atoms with van der Waals surface area (Å²) < 4.78 is 34.2. The number of hydrogen-bond acceptors (Lipinski definition) is 8. The lowest BCUT2D eigenvalue weighted by Crippen LogP contribution is -2.37. The highest BCUT2D eigenvalue weighted by Crippen LogP contribution is 2.38. The van der Waals surface area contributed by atoms with Crippen LogP contribution in [0.5, 0.6) is 0 Å². The Morgan fingerprint density at radius 3 is 0.914 bits per heavy atom. The molecule has 10 heteroatoms. The number of carbonyl (C=O) groups excluding carboxylic acids is 2. The van der Waals surface area contributed by atoms with Crippen LogP contribution in [-0.2, 0) is 32.7 Å². The van der Waals surface area contributed by atoms with Crippen LogP contribution in [0.1, 0.15) is 322 Å². The first-order valence-electron chi connectivity index (χ1n) is 30.7. The van der Waals surface area contributed by atoms with Gasteiger partial charge in [0.15, 0.2) is 6.10 Å². The van der Waals surface area contributed by atoms with Crippen LogP contribution < -0.4 is 4.89 Å². The Morgan fingerprint density at radius 1 is 0.386 bits per heavy atom. The number of rotatable bonds is 58. The van der Waals surface area contributed by atoms with Crippen molar-refractivity contribution in [2.24, 2.45) is 0 Å². The largest absolute Gasteiger partial charge is 0.756 e. The maximum atomic E-state index is 12.8. The molecule has 0 aliphatic heterocycles. The first-order valence-corrected chi connectivity index (χ1v) is 32.2. The molecule has 0 saturated heterocycles. The van der Waals surface area contributed by atoms with Crippen LogP contribution in [0.2, 0.25) is 0 Å². The molecule has 418 valence electrons. The van der Waals surface area contributed by atoms with E-state index < -0.39 is 26.5 Å². The van der Waals surface area contributed by atoms with E-state index >= 15 is 0 Å². The molecule has 0 aromatic rings. The summed E-state index contributed by atoms with van der Waals surface area (Å²) >= 11 is 0. The molecule has 0 heterocycles. The third-order valence-corrected chi connectivity index (χ3v) is 15.1. The zero-order valence-electron chi connectivity index (χ0n) is 47.5. The molecular weight excluding hydrogens is 894 g/mol. The molecule has 0 aliphatic carbocycles. The number of unbranched alkanes of at least 4 members (excludes halogenated alkanes) is 44. The van der Waals surface area contributed by atoms with E-state index in [0.29, 0.717) is 17.4 Å². The van der Waals surface area contributed by atoms with Gasteiger partial charge in [-0.15, -0.1) is 0 Å². The van der Waals surface area contributed by atoms with Gasteiger partial charge in [0.2, 0.25) is 0 Å². The van der Waals surface area contributed by atoms with Crippen LogP contribution in [-0.4, -0.2) is 70.0 Å². The summed E-state index contributed by atoms with van der Waals surface area (Å²) in [5.41, 5.74) is 0. The van der Waals surface area contributed by atoms with Gasteiger partial charge in [0, 0.05) is 12.8 Å². The van der Waals surface area contributed by atoms with E-state index in [4.69, 9.17) is 18.5 Å². The monoisotopic (exact) mass is 1010 g/mol. The Balaban J connectivity index is 3.95. The van der Waals surface area contributed by atoms with E-state index in [0.717, 1.165) is 32.1 Å². The van der Waals surface area contributed by atoms with Crippen molar-refractivity contribution < 1.29 is 42.1 Å². The Kier molecular flexibility index (Phi) is 52.1. The molecule has 0 rings (SSSR count). The van der Waals surface area contributed by atoms with Crippen LogP contribution >= 0.6 is 7.82 Å². The second-order valence-corrected chi connectivity index (χ2v) is 23.9. The molecule has 9 nitrogen and oxygen atoms in total. The molecule has 0 amide bonds. The predicted octanol–water partition coefficient (Wildman–Crippen LogP) is 18.4. The lowest BCUT2D eigenvalue weighted by atomic mass is 10.0. The fraction of sp³-hybridized carbons (Fsp3) is 0.967. The molecule has 2 atom stereocenters. The van der Waals surface area contributed by atoms with Crippen LogP contribution in [0.3, 0.4) is 0 Å². The van der Waals surface area contributed by atoms with Gasteiger partial charge in [0.05, 0.1) is 27.7 Å². The van der Waals surface area contributed by atoms with E-state index in [9.17, 15) is 19.0 Å². The number of phosphoric acid groups is 1. The first-order chi connectivity index (χ1) is 34.0. The van der Waals surface area contributed by atoms with Gasteiger partial charge in [-0.3, -0.25) is 14.2 Å². The normalized spacial score (nSPS) is 13.2. The minimum Gasteiger partial charge on any atom is -0.756 e. The second-order valence-electron chi connectivity index (χ2n) is 22.4. The van der Waals surface area contributed by atoms with Crippen molar-refractivity contribution in [1.29, 1.82) is 0 Å². The molecule has 0 radical (unpaired) electrons. The van der Waals surface area contributed by atoms with Crippen molar-refractivity contribution in [3.05, 3.63) is 0 Å². The van der Waals surface area contributed by atoms with E-state index in [-0.39, 0.29) is 32.0 Å². The topological polar surface area (TPSA) is 111 Å². The van der Waals surface area contributed by atoms with Gasteiger partial charge in [0.1, 0.15) is 19.8 Å². The van der Waals surface area contributed by atoms with Gasteiger partial charge in [-0.05, 0) is 12.8 Å².